The molecular weight excluding hydrogens is 320 g/mol. The number of aryl methyl sites for hydroxylation is 1. The second-order valence-corrected chi connectivity index (χ2v) is 7.78. The van der Waals surface area contributed by atoms with E-state index in [2.05, 4.69) is 17.1 Å². The first-order valence-corrected chi connectivity index (χ1v) is 9.37. The second-order valence-electron chi connectivity index (χ2n) is 6.47. The number of hydrogen-bond acceptors (Lipinski definition) is 4. The normalized spacial score (nSPS) is 17.0. The van der Waals surface area contributed by atoms with Crippen molar-refractivity contribution in [2.24, 2.45) is 5.92 Å². The molecule has 128 valence electrons. The fourth-order valence-electron chi connectivity index (χ4n) is 2.99. The van der Waals surface area contributed by atoms with Crippen molar-refractivity contribution >= 4 is 17.7 Å². The summed E-state index contributed by atoms with van der Waals surface area (Å²) in [7, 11) is 0. The molecule has 0 radical (unpaired) electrons. The van der Waals surface area contributed by atoms with Gasteiger partial charge in [-0.1, -0.05) is 36.9 Å². The number of hydrogen-bond donors (Lipinski definition) is 0. The molecule has 0 bridgehead atoms. The molecule has 6 heteroatoms. The molecule has 1 saturated heterocycles. The Bertz CT molecular complexity index is 692. The van der Waals surface area contributed by atoms with Crippen molar-refractivity contribution in [2.75, 3.05) is 13.1 Å². The predicted octanol–water partition coefficient (Wildman–Crippen LogP) is 3.31. The monoisotopic (exact) mass is 344 g/mol. The summed E-state index contributed by atoms with van der Waals surface area (Å²) in [5.41, 5.74) is 1.02. The Labute approximate surface area is 147 Å². The minimum atomic E-state index is -0.163. The lowest BCUT2D eigenvalue weighted by atomic mass is 9.99. The zero-order valence-corrected chi connectivity index (χ0v) is 15.3. The number of likely N-dealkylation sites (tertiary alicyclic amines) is 1. The van der Waals surface area contributed by atoms with E-state index < -0.39 is 0 Å². The third-order valence-corrected chi connectivity index (χ3v) is 5.57. The van der Waals surface area contributed by atoms with Crippen LogP contribution in [0.1, 0.15) is 32.5 Å². The van der Waals surface area contributed by atoms with Crippen molar-refractivity contribution in [3.63, 3.8) is 0 Å². The molecule has 0 spiro atoms. The van der Waals surface area contributed by atoms with E-state index in [1.807, 2.05) is 53.6 Å². The first-order chi connectivity index (χ1) is 11.6. The van der Waals surface area contributed by atoms with Crippen molar-refractivity contribution in [3.8, 4) is 5.69 Å². The van der Waals surface area contributed by atoms with E-state index in [-0.39, 0.29) is 11.2 Å². The largest absolute Gasteiger partial charge is 0.342 e. The van der Waals surface area contributed by atoms with Gasteiger partial charge in [0.15, 0.2) is 5.16 Å². The Balaban J connectivity index is 1.73. The van der Waals surface area contributed by atoms with Crippen molar-refractivity contribution < 1.29 is 4.79 Å². The summed E-state index contributed by atoms with van der Waals surface area (Å²) in [6.45, 7) is 7.89. The number of para-hydroxylation sites is 1. The maximum atomic E-state index is 12.7. The van der Waals surface area contributed by atoms with E-state index in [1.54, 1.807) is 0 Å². The number of nitrogens with zero attached hydrogens (tertiary/aromatic N) is 4. The Kier molecular flexibility index (Phi) is 5.23. The zero-order chi connectivity index (χ0) is 17.1. The number of amides is 1. The summed E-state index contributed by atoms with van der Waals surface area (Å²) in [6.07, 6.45) is 2.20. The first-order valence-electron chi connectivity index (χ1n) is 8.49. The van der Waals surface area contributed by atoms with Crippen molar-refractivity contribution in [2.45, 2.75) is 44.0 Å². The van der Waals surface area contributed by atoms with Crippen molar-refractivity contribution in [3.05, 3.63) is 36.2 Å². The SMILES string of the molecule is Cc1nnc(S[C@@H](C)C(=O)N2CCC(C)CC2)n1-c1ccccc1. The molecular formula is C18H24N4OS. The van der Waals surface area contributed by atoms with Gasteiger partial charge in [0, 0.05) is 18.8 Å². The highest BCUT2D eigenvalue weighted by Gasteiger charge is 2.26. The number of aromatic nitrogens is 3. The summed E-state index contributed by atoms with van der Waals surface area (Å²) in [6, 6.07) is 10.0. The third kappa shape index (κ3) is 3.64. The van der Waals surface area contributed by atoms with Gasteiger partial charge in [-0.2, -0.15) is 0 Å². The summed E-state index contributed by atoms with van der Waals surface area (Å²) in [5, 5.41) is 9.08. The molecule has 0 saturated carbocycles. The fourth-order valence-corrected chi connectivity index (χ4v) is 3.99. The van der Waals surface area contributed by atoms with E-state index in [9.17, 15) is 4.79 Å². The van der Waals surface area contributed by atoms with Gasteiger partial charge in [0.25, 0.3) is 0 Å². The Morgan fingerprint density at radius 1 is 1.21 bits per heavy atom. The van der Waals surface area contributed by atoms with E-state index in [0.717, 1.165) is 48.5 Å². The number of benzene rings is 1. The van der Waals surface area contributed by atoms with E-state index in [0.29, 0.717) is 0 Å². The Morgan fingerprint density at radius 2 is 1.88 bits per heavy atom. The maximum Gasteiger partial charge on any atom is 0.235 e. The van der Waals surface area contributed by atoms with Crippen LogP contribution in [0.2, 0.25) is 0 Å². The molecule has 2 aromatic rings. The van der Waals surface area contributed by atoms with Gasteiger partial charge < -0.3 is 4.90 Å². The minimum absolute atomic E-state index is 0.163. The van der Waals surface area contributed by atoms with E-state index in [1.165, 1.54) is 11.8 Å². The minimum Gasteiger partial charge on any atom is -0.342 e. The third-order valence-electron chi connectivity index (χ3n) is 4.53. The smallest absolute Gasteiger partial charge is 0.235 e. The van der Waals surface area contributed by atoms with Crippen LogP contribution in [0, 0.1) is 12.8 Å². The molecule has 2 heterocycles. The van der Waals surface area contributed by atoms with E-state index in [4.69, 9.17) is 0 Å². The lowest BCUT2D eigenvalue weighted by Crippen LogP contribution is -2.41. The van der Waals surface area contributed by atoms with Gasteiger partial charge in [0.05, 0.1) is 5.25 Å². The number of carbonyl (C=O) groups excluding carboxylic acids is 1. The van der Waals surface area contributed by atoms with Gasteiger partial charge >= 0.3 is 0 Å². The van der Waals surface area contributed by atoms with Crippen LogP contribution >= 0.6 is 11.8 Å². The molecule has 3 rings (SSSR count). The van der Waals surface area contributed by atoms with Crippen LogP contribution in [0.4, 0.5) is 0 Å². The summed E-state index contributed by atoms with van der Waals surface area (Å²) in [5.74, 6) is 1.75. The molecule has 0 unspecified atom stereocenters. The highest BCUT2D eigenvalue weighted by Crippen LogP contribution is 2.27. The summed E-state index contributed by atoms with van der Waals surface area (Å²) in [4.78, 5) is 14.7. The van der Waals surface area contributed by atoms with Crippen LogP contribution in [-0.4, -0.2) is 43.9 Å². The first kappa shape index (κ1) is 17.0. The number of piperidine rings is 1. The molecule has 1 atom stereocenters. The van der Waals surface area contributed by atoms with Gasteiger partial charge in [-0.15, -0.1) is 10.2 Å². The number of rotatable bonds is 4. The van der Waals surface area contributed by atoms with Crippen LogP contribution in [-0.2, 0) is 4.79 Å². The Hall–Kier alpha value is -1.82. The second kappa shape index (κ2) is 7.38. The predicted molar refractivity (Wildman–Crippen MR) is 96.4 cm³/mol. The maximum absolute atomic E-state index is 12.7. The topological polar surface area (TPSA) is 51.0 Å². The number of carbonyl (C=O) groups is 1. The van der Waals surface area contributed by atoms with Crippen molar-refractivity contribution in [1.29, 1.82) is 0 Å². The number of thioether (sulfide) groups is 1. The fraction of sp³-hybridized carbons (Fsp3) is 0.500. The average molecular weight is 344 g/mol. The molecule has 0 N–H and O–H groups in total. The van der Waals surface area contributed by atoms with Crippen LogP contribution in [0.25, 0.3) is 5.69 Å². The lowest BCUT2D eigenvalue weighted by molar-refractivity contribution is -0.131. The van der Waals surface area contributed by atoms with E-state index >= 15 is 0 Å². The molecule has 1 aromatic carbocycles. The standard InChI is InChI=1S/C18H24N4OS/c1-13-9-11-21(12-10-13)17(23)14(2)24-18-20-19-15(3)22(18)16-7-5-4-6-8-16/h4-8,13-14H,9-12H2,1-3H3/t14-/m0/s1. The molecule has 1 aliphatic heterocycles. The average Bonchev–Trinajstić information content (AvgIpc) is 2.96. The molecule has 5 nitrogen and oxygen atoms in total. The molecule has 1 aliphatic rings. The molecule has 0 aliphatic carbocycles. The van der Waals surface area contributed by atoms with Gasteiger partial charge in [-0.3, -0.25) is 9.36 Å². The van der Waals surface area contributed by atoms with Crippen LogP contribution in [0.15, 0.2) is 35.5 Å². The van der Waals surface area contributed by atoms with Gasteiger partial charge in [-0.25, -0.2) is 0 Å². The lowest BCUT2D eigenvalue weighted by Gasteiger charge is -2.31. The molecule has 24 heavy (non-hydrogen) atoms. The molecule has 1 amide bonds. The summed E-state index contributed by atoms with van der Waals surface area (Å²) >= 11 is 1.49. The highest BCUT2D eigenvalue weighted by atomic mass is 32.2. The highest BCUT2D eigenvalue weighted by molar-refractivity contribution is 8.00. The molecule has 1 aromatic heterocycles. The van der Waals surface area contributed by atoms with Crippen molar-refractivity contribution in [1.82, 2.24) is 19.7 Å². The van der Waals surface area contributed by atoms with Crippen LogP contribution in [0.3, 0.4) is 0 Å². The van der Waals surface area contributed by atoms with Crippen LogP contribution in [0.5, 0.6) is 0 Å². The van der Waals surface area contributed by atoms with Crippen LogP contribution < -0.4 is 0 Å². The zero-order valence-electron chi connectivity index (χ0n) is 14.5. The van der Waals surface area contributed by atoms with Gasteiger partial charge in [0.2, 0.25) is 5.91 Å². The summed E-state index contributed by atoms with van der Waals surface area (Å²) < 4.78 is 2.01. The van der Waals surface area contributed by atoms with Gasteiger partial charge in [-0.05, 0) is 44.7 Å². The molecule has 1 fully saturated rings. The Morgan fingerprint density at radius 3 is 2.54 bits per heavy atom. The van der Waals surface area contributed by atoms with Gasteiger partial charge in [0.1, 0.15) is 5.82 Å². The quantitative estimate of drug-likeness (QED) is 0.799.